The van der Waals surface area contributed by atoms with Crippen LogP contribution in [0.25, 0.3) is 0 Å². The third kappa shape index (κ3) is 5.32. The number of nitrogens with two attached hydrogens (primary N) is 1. The van der Waals surface area contributed by atoms with Gasteiger partial charge in [-0.3, -0.25) is 4.79 Å². The normalized spacial score (nSPS) is 11.0. The molecule has 0 aliphatic heterocycles. The van der Waals surface area contributed by atoms with Crippen molar-refractivity contribution >= 4 is 23.4 Å². The first-order valence-electron chi connectivity index (χ1n) is 8.80. The molecule has 150 valence electrons. The van der Waals surface area contributed by atoms with E-state index >= 15 is 0 Å². The fraction of sp³-hybridized carbons (Fsp3) is 0.200. The number of pyridine rings is 1. The first-order chi connectivity index (χ1) is 13.7. The number of ether oxygens (including phenoxy) is 1. The number of rotatable bonds is 5. The Bertz CT molecular complexity index is 1020. The summed E-state index contributed by atoms with van der Waals surface area (Å²) in [7, 11) is 0. The highest BCUT2D eigenvalue weighted by Crippen LogP contribution is 2.25. The Hall–Kier alpha value is -3.88. The summed E-state index contributed by atoms with van der Waals surface area (Å²) in [5.74, 6) is 1.35. The summed E-state index contributed by atoms with van der Waals surface area (Å²) in [5, 5.41) is 9.02. The summed E-state index contributed by atoms with van der Waals surface area (Å²) in [6.45, 7) is 5.96. The minimum Gasteiger partial charge on any atom is -0.439 e. The van der Waals surface area contributed by atoms with E-state index in [0.29, 0.717) is 28.6 Å². The molecule has 0 aliphatic carbocycles. The van der Waals surface area contributed by atoms with Gasteiger partial charge in [0.2, 0.25) is 5.88 Å². The molecule has 3 amide bonds. The molecular formula is C20H21N5O4. The highest BCUT2D eigenvalue weighted by molar-refractivity contribution is 6.03. The Morgan fingerprint density at radius 3 is 2.41 bits per heavy atom. The minimum absolute atomic E-state index is 0.212. The average Bonchev–Trinajstić information content (AvgIpc) is 3.12. The van der Waals surface area contributed by atoms with Crippen LogP contribution in [0.5, 0.6) is 11.6 Å². The highest BCUT2D eigenvalue weighted by atomic mass is 16.5. The molecule has 0 aliphatic rings. The molecule has 1 aromatic carbocycles. The molecule has 2 aromatic heterocycles. The Labute approximate surface area is 167 Å². The maximum atomic E-state index is 12.5. The van der Waals surface area contributed by atoms with E-state index < -0.39 is 6.03 Å². The number of hydrogen-bond acceptors (Lipinski definition) is 6. The molecule has 3 rings (SSSR count). The number of nitrogens with zero attached hydrogens (tertiary/aromatic N) is 2. The molecule has 0 radical (unpaired) electrons. The molecule has 0 bridgehead atoms. The smallest absolute Gasteiger partial charge is 0.316 e. The van der Waals surface area contributed by atoms with Gasteiger partial charge in [0.1, 0.15) is 11.5 Å². The predicted octanol–water partition coefficient (Wildman–Crippen LogP) is 3.90. The van der Waals surface area contributed by atoms with Gasteiger partial charge in [0.15, 0.2) is 5.82 Å². The van der Waals surface area contributed by atoms with E-state index in [-0.39, 0.29) is 17.2 Å². The van der Waals surface area contributed by atoms with Crippen molar-refractivity contribution in [3.8, 4) is 11.6 Å². The first-order valence-corrected chi connectivity index (χ1v) is 8.80. The second-order valence-corrected chi connectivity index (χ2v) is 7.28. The zero-order valence-corrected chi connectivity index (χ0v) is 16.2. The van der Waals surface area contributed by atoms with Crippen LogP contribution in [-0.4, -0.2) is 22.1 Å². The van der Waals surface area contributed by atoms with E-state index in [1.807, 2.05) is 20.8 Å². The van der Waals surface area contributed by atoms with Gasteiger partial charge in [0, 0.05) is 35.0 Å². The van der Waals surface area contributed by atoms with E-state index in [1.165, 1.54) is 12.3 Å². The van der Waals surface area contributed by atoms with Gasteiger partial charge in [-0.2, -0.15) is 0 Å². The quantitative estimate of drug-likeness (QED) is 0.600. The average molecular weight is 395 g/mol. The van der Waals surface area contributed by atoms with Crippen molar-refractivity contribution in [3.63, 3.8) is 0 Å². The lowest BCUT2D eigenvalue weighted by atomic mass is 9.93. The summed E-state index contributed by atoms with van der Waals surface area (Å²) in [6, 6.07) is 10.7. The van der Waals surface area contributed by atoms with Gasteiger partial charge in [-0.05, 0) is 30.3 Å². The van der Waals surface area contributed by atoms with Crippen molar-refractivity contribution < 1.29 is 18.8 Å². The van der Waals surface area contributed by atoms with Crippen molar-refractivity contribution in [2.24, 2.45) is 5.73 Å². The van der Waals surface area contributed by atoms with Crippen molar-refractivity contribution in [1.82, 2.24) is 10.1 Å². The first kappa shape index (κ1) is 19.9. The molecule has 29 heavy (non-hydrogen) atoms. The van der Waals surface area contributed by atoms with Crippen molar-refractivity contribution in [2.45, 2.75) is 26.2 Å². The van der Waals surface area contributed by atoms with Gasteiger partial charge in [-0.25, -0.2) is 9.78 Å². The van der Waals surface area contributed by atoms with Crippen LogP contribution in [0.2, 0.25) is 0 Å². The Morgan fingerprint density at radius 2 is 1.79 bits per heavy atom. The van der Waals surface area contributed by atoms with Gasteiger partial charge in [-0.15, -0.1) is 0 Å². The van der Waals surface area contributed by atoms with E-state index in [0.717, 1.165) is 0 Å². The Morgan fingerprint density at radius 1 is 1.07 bits per heavy atom. The van der Waals surface area contributed by atoms with Gasteiger partial charge in [0.05, 0.1) is 0 Å². The maximum Gasteiger partial charge on any atom is 0.316 e. The van der Waals surface area contributed by atoms with Crippen LogP contribution in [0.4, 0.5) is 16.3 Å². The molecule has 0 unspecified atom stereocenters. The lowest BCUT2D eigenvalue weighted by Crippen LogP contribution is -2.19. The van der Waals surface area contributed by atoms with Crippen LogP contribution >= 0.6 is 0 Å². The largest absolute Gasteiger partial charge is 0.439 e. The monoisotopic (exact) mass is 395 g/mol. The van der Waals surface area contributed by atoms with Crippen LogP contribution in [0, 0.1) is 0 Å². The lowest BCUT2D eigenvalue weighted by molar-refractivity contribution is 0.102. The van der Waals surface area contributed by atoms with Crippen LogP contribution < -0.4 is 21.1 Å². The van der Waals surface area contributed by atoms with Gasteiger partial charge in [0.25, 0.3) is 5.91 Å². The number of urea groups is 1. The number of amides is 3. The summed E-state index contributed by atoms with van der Waals surface area (Å²) >= 11 is 0. The number of primary amides is 1. The van der Waals surface area contributed by atoms with E-state index in [1.54, 1.807) is 36.4 Å². The topological polar surface area (TPSA) is 132 Å². The van der Waals surface area contributed by atoms with Crippen molar-refractivity contribution in [2.75, 3.05) is 10.6 Å². The second kappa shape index (κ2) is 8.01. The highest BCUT2D eigenvalue weighted by Gasteiger charge is 2.20. The summed E-state index contributed by atoms with van der Waals surface area (Å²) < 4.78 is 10.9. The van der Waals surface area contributed by atoms with Crippen LogP contribution in [0.3, 0.4) is 0 Å². The standard InChI is InChI=1S/C20H21N5O4/c1-20(2,3)15-11-16(25-29-15)24-18(26)12-8-9-22-17(10-12)28-14-6-4-13(5-7-14)23-19(21)27/h4-11H,1-3H3,(H3,21,23,27)(H,24,25,26). The van der Waals surface area contributed by atoms with Gasteiger partial charge < -0.3 is 25.6 Å². The summed E-state index contributed by atoms with van der Waals surface area (Å²) in [4.78, 5) is 27.5. The van der Waals surface area contributed by atoms with Crippen molar-refractivity contribution in [1.29, 1.82) is 0 Å². The number of carbonyl (C=O) groups is 2. The zero-order valence-electron chi connectivity index (χ0n) is 16.2. The SMILES string of the molecule is CC(C)(C)c1cc(NC(=O)c2ccnc(Oc3ccc(NC(N)=O)cc3)c2)no1. The number of carbonyl (C=O) groups excluding carboxylic acids is 2. The number of anilines is 2. The van der Waals surface area contributed by atoms with E-state index in [2.05, 4.69) is 20.8 Å². The number of hydrogen-bond donors (Lipinski definition) is 3. The Kier molecular flexibility index (Phi) is 5.49. The molecule has 0 saturated heterocycles. The fourth-order valence-electron chi connectivity index (χ4n) is 2.35. The van der Waals surface area contributed by atoms with Gasteiger partial charge in [-0.1, -0.05) is 25.9 Å². The lowest BCUT2D eigenvalue weighted by Gasteiger charge is -2.12. The molecule has 0 saturated carbocycles. The zero-order chi connectivity index (χ0) is 21.0. The molecule has 4 N–H and O–H groups in total. The van der Waals surface area contributed by atoms with Gasteiger partial charge >= 0.3 is 6.03 Å². The molecule has 9 nitrogen and oxygen atoms in total. The van der Waals surface area contributed by atoms with Crippen LogP contribution in [0.15, 0.2) is 53.2 Å². The van der Waals surface area contributed by atoms with Crippen LogP contribution in [0.1, 0.15) is 36.9 Å². The molecule has 3 aromatic rings. The molecule has 2 heterocycles. The molecule has 0 atom stereocenters. The summed E-state index contributed by atoms with van der Waals surface area (Å²) in [6.07, 6.45) is 1.47. The third-order valence-electron chi connectivity index (χ3n) is 3.83. The fourth-order valence-corrected chi connectivity index (χ4v) is 2.35. The third-order valence-corrected chi connectivity index (χ3v) is 3.83. The minimum atomic E-state index is -0.652. The van der Waals surface area contributed by atoms with E-state index in [4.69, 9.17) is 15.0 Å². The maximum absolute atomic E-state index is 12.5. The number of aromatic nitrogens is 2. The van der Waals surface area contributed by atoms with Crippen molar-refractivity contribution in [3.05, 3.63) is 60.0 Å². The second-order valence-electron chi connectivity index (χ2n) is 7.28. The summed E-state index contributed by atoms with van der Waals surface area (Å²) in [5.41, 5.74) is 5.74. The molecular weight excluding hydrogens is 374 g/mol. The molecule has 9 heteroatoms. The predicted molar refractivity (Wildman–Crippen MR) is 107 cm³/mol. The van der Waals surface area contributed by atoms with Crippen LogP contribution in [-0.2, 0) is 5.41 Å². The Balaban J connectivity index is 1.68. The molecule has 0 spiro atoms. The number of nitrogens with one attached hydrogen (secondary N) is 2. The number of benzene rings is 1. The molecule has 0 fully saturated rings. The van der Waals surface area contributed by atoms with E-state index in [9.17, 15) is 9.59 Å².